The quantitative estimate of drug-likeness (QED) is 0.821. The van der Waals surface area contributed by atoms with Gasteiger partial charge in [-0.25, -0.2) is 4.98 Å². The lowest BCUT2D eigenvalue weighted by molar-refractivity contribution is 0.304. The average Bonchev–Trinajstić information content (AvgIpc) is 2.95. The number of nitrogens with one attached hydrogen (secondary N) is 1. The summed E-state index contributed by atoms with van der Waals surface area (Å²) in [5.74, 6) is 1.72. The molecule has 2 rings (SSSR count). The number of nitrogens with zero attached hydrogens (tertiary/aromatic N) is 2. The molecule has 4 nitrogen and oxygen atoms in total. The van der Waals surface area contributed by atoms with Crippen LogP contribution in [0.4, 0.5) is 5.95 Å². The molecule has 2 aromatic rings. The summed E-state index contributed by atoms with van der Waals surface area (Å²) in [7, 11) is 0. The molecular formula is C16H23N3OS. The van der Waals surface area contributed by atoms with Gasteiger partial charge in [-0.1, -0.05) is 26.8 Å². The van der Waals surface area contributed by atoms with E-state index in [9.17, 15) is 0 Å². The van der Waals surface area contributed by atoms with Crippen LogP contribution < -0.4 is 10.1 Å². The van der Waals surface area contributed by atoms with Gasteiger partial charge in [-0.2, -0.15) is 4.98 Å². The molecule has 0 fully saturated rings. The lowest BCUT2D eigenvalue weighted by Gasteiger charge is -2.21. The molecule has 114 valence electrons. The van der Waals surface area contributed by atoms with Crippen LogP contribution in [0.2, 0.25) is 0 Å². The summed E-state index contributed by atoms with van der Waals surface area (Å²) in [6.45, 7) is 9.11. The smallest absolute Gasteiger partial charge is 0.226 e. The van der Waals surface area contributed by atoms with E-state index >= 15 is 0 Å². The van der Waals surface area contributed by atoms with Gasteiger partial charge < -0.3 is 10.1 Å². The third-order valence-corrected chi connectivity index (χ3v) is 4.04. The molecule has 2 heterocycles. The average molecular weight is 305 g/mol. The number of aromatic nitrogens is 2. The fourth-order valence-electron chi connectivity index (χ4n) is 2.06. The zero-order valence-electron chi connectivity index (χ0n) is 13.1. The first-order valence-electron chi connectivity index (χ1n) is 7.38. The monoisotopic (exact) mass is 305 g/mol. The first-order chi connectivity index (χ1) is 10.1. The standard InChI is InChI=1S/C16H23N3OS/c1-5-8-20-14-10-12(4)17-16(18-14)19-15(11(2)3)13-7-6-9-21-13/h6-7,9-11,15H,5,8H2,1-4H3,(H,17,18,19). The Hall–Kier alpha value is -1.62. The van der Waals surface area contributed by atoms with E-state index in [2.05, 4.69) is 53.6 Å². The molecule has 0 amide bonds. The highest BCUT2D eigenvalue weighted by molar-refractivity contribution is 7.10. The van der Waals surface area contributed by atoms with Gasteiger partial charge in [-0.05, 0) is 30.7 Å². The molecule has 1 atom stereocenters. The van der Waals surface area contributed by atoms with Crippen LogP contribution in [0.25, 0.3) is 0 Å². The third-order valence-electron chi connectivity index (χ3n) is 3.09. The molecule has 0 aliphatic rings. The number of anilines is 1. The minimum atomic E-state index is 0.214. The van der Waals surface area contributed by atoms with Crippen LogP contribution in [0.3, 0.4) is 0 Å². The molecule has 0 saturated heterocycles. The van der Waals surface area contributed by atoms with Crippen molar-refractivity contribution in [3.63, 3.8) is 0 Å². The van der Waals surface area contributed by atoms with Gasteiger partial charge in [-0.15, -0.1) is 11.3 Å². The van der Waals surface area contributed by atoms with E-state index in [1.807, 2.05) is 13.0 Å². The maximum atomic E-state index is 5.62. The summed E-state index contributed by atoms with van der Waals surface area (Å²) in [6.07, 6.45) is 0.968. The van der Waals surface area contributed by atoms with Gasteiger partial charge in [0.1, 0.15) is 0 Å². The van der Waals surface area contributed by atoms with Crippen LogP contribution in [0.5, 0.6) is 5.88 Å². The zero-order chi connectivity index (χ0) is 15.2. The molecule has 0 aliphatic carbocycles. The summed E-state index contributed by atoms with van der Waals surface area (Å²) in [5.41, 5.74) is 0.910. The molecule has 5 heteroatoms. The Morgan fingerprint density at radius 3 is 2.76 bits per heavy atom. The number of rotatable bonds is 7. The Morgan fingerprint density at radius 2 is 2.14 bits per heavy atom. The predicted octanol–water partition coefficient (Wildman–Crippen LogP) is 4.44. The minimum absolute atomic E-state index is 0.214. The Balaban J connectivity index is 2.18. The zero-order valence-corrected chi connectivity index (χ0v) is 13.9. The SMILES string of the molecule is CCCOc1cc(C)nc(NC(c2cccs2)C(C)C)n1. The lowest BCUT2D eigenvalue weighted by Crippen LogP contribution is -2.17. The van der Waals surface area contributed by atoms with E-state index in [0.29, 0.717) is 24.4 Å². The normalized spacial score (nSPS) is 12.4. The molecule has 1 unspecified atom stereocenters. The van der Waals surface area contributed by atoms with Gasteiger partial charge >= 0.3 is 0 Å². The first-order valence-corrected chi connectivity index (χ1v) is 8.26. The van der Waals surface area contributed by atoms with Crippen molar-refractivity contribution in [2.45, 2.75) is 40.2 Å². The van der Waals surface area contributed by atoms with E-state index in [1.165, 1.54) is 4.88 Å². The van der Waals surface area contributed by atoms with Gasteiger partial charge in [0.05, 0.1) is 12.6 Å². The molecule has 0 bridgehead atoms. The van der Waals surface area contributed by atoms with Crippen molar-refractivity contribution < 1.29 is 4.74 Å². The van der Waals surface area contributed by atoms with E-state index in [4.69, 9.17) is 4.74 Å². The molecular weight excluding hydrogens is 282 g/mol. The summed E-state index contributed by atoms with van der Waals surface area (Å²) in [5, 5.41) is 5.54. The Kier molecular flexibility index (Phi) is 5.56. The summed E-state index contributed by atoms with van der Waals surface area (Å²) in [6, 6.07) is 6.30. The van der Waals surface area contributed by atoms with Gasteiger partial charge in [0.15, 0.2) is 0 Å². The number of ether oxygens (including phenoxy) is 1. The molecule has 0 radical (unpaired) electrons. The topological polar surface area (TPSA) is 47.0 Å². The summed E-state index contributed by atoms with van der Waals surface area (Å²) < 4.78 is 5.62. The first kappa shape index (κ1) is 15.8. The third kappa shape index (κ3) is 4.43. The van der Waals surface area contributed by atoms with Crippen LogP contribution >= 0.6 is 11.3 Å². The van der Waals surface area contributed by atoms with Crippen LogP contribution in [0.1, 0.15) is 43.8 Å². The van der Waals surface area contributed by atoms with Crippen LogP contribution in [-0.2, 0) is 0 Å². The number of hydrogen-bond acceptors (Lipinski definition) is 5. The Bertz CT molecular complexity index is 555. The molecule has 1 N–H and O–H groups in total. The minimum Gasteiger partial charge on any atom is -0.478 e. The fourth-order valence-corrected chi connectivity index (χ4v) is 3.01. The number of aryl methyl sites for hydroxylation is 1. The molecule has 0 spiro atoms. The van der Waals surface area contributed by atoms with E-state index < -0.39 is 0 Å². The molecule has 21 heavy (non-hydrogen) atoms. The second kappa shape index (κ2) is 7.41. The van der Waals surface area contributed by atoms with Crippen LogP contribution in [0.15, 0.2) is 23.6 Å². The van der Waals surface area contributed by atoms with Crippen molar-refractivity contribution in [3.8, 4) is 5.88 Å². The van der Waals surface area contributed by atoms with Crippen molar-refractivity contribution in [2.24, 2.45) is 5.92 Å². The number of thiophene rings is 1. The van der Waals surface area contributed by atoms with Crippen molar-refractivity contribution in [2.75, 3.05) is 11.9 Å². The second-order valence-electron chi connectivity index (χ2n) is 5.40. The van der Waals surface area contributed by atoms with Crippen molar-refractivity contribution in [3.05, 3.63) is 34.2 Å². The lowest BCUT2D eigenvalue weighted by atomic mass is 10.0. The van der Waals surface area contributed by atoms with E-state index in [-0.39, 0.29) is 6.04 Å². The molecule has 0 saturated carbocycles. The van der Waals surface area contributed by atoms with Crippen molar-refractivity contribution >= 4 is 17.3 Å². The largest absolute Gasteiger partial charge is 0.478 e. The maximum Gasteiger partial charge on any atom is 0.226 e. The predicted molar refractivity (Wildman–Crippen MR) is 88.1 cm³/mol. The Morgan fingerprint density at radius 1 is 1.33 bits per heavy atom. The maximum absolute atomic E-state index is 5.62. The summed E-state index contributed by atoms with van der Waals surface area (Å²) >= 11 is 1.75. The van der Waals surface area contributed by atoms with Gasteiger partial charge in [0.2, 0.25) is 11.8 Å². The molecule has 0 aromatic carbocycles. The van der Waals surface area contributed by atoms with Gasteiger partial charge in [0, 0.05) is 16.6 Å². The molecule has 2 aromatic heterocycles. The van der Waals surface area contributed by atoms with Gasteiger partial charge in [0.25, 0.3) is 0 Å². The fraction of sp³-hybridized carbons (Fsp3) is 0.500. The number of hydrogen-bond donors (Lipinski definition) is 1. The highest BCUT2D eigenvalue weighted by Gasteiger charge is 2.18. The Labute approximate surface area is 130 Å². The van der Waals surface area contributed by atoms with Crippen LogP contribution in [-0.4, -0.2) is 16.6 Å². The highest BCUT2D eigenvalue weighted by Crippen LogP contribution is 2.29. The highest BCUT2D eigenvalue weighted by atomic mass is 32.1. The van der Waals surface area contributed by atoms with Crippen molar-refractivity contribution in [1.82, 2.24) is 9.97 Å². The van der Waals surface area contributed by atoms with E-state index in [0.717, 1.165) is 12.1 Å². The second-order valence-corrected chi connectivity index (χ2v) is 6.38. The van der Waals surface area contributed by atoms with Crippen LogP contribution in [0, 0.1) is 12.8 Å². The molecule has 0 aliphatic heterocycles. The van der Waals surface area contributed by atoms with Crippen molar-refractivity contribution in [1.29, 1.82) is 0 Å². The van der Waals surface area contributed by atoms with E-state index in [1.54, 1.807) is 11.3 Å². The van der Waals surface area contributed by atoms with Gasteiger partial charge in [-0.3, -0.25) is 0 Å². The summed E-state index contributed by atoms with van der Waals surface area (Å²) in [4.78, 5) is 10.2.